The molecule has 0 bridgehead atoms. The molecule has 1 aromatic heterocycles. The maximum Gasteiger partial charge on any atom is 0.0735 e. The lowest BCUT2D eigenvalue weighted by Gasteiger charge is -2.41. The highest BCUT2D eigenvalue weighted by Crippen LogP contribution is 2.63. The molecule has 0 fully saturated rings. The molecule has 2 heterocycles. The number of allylic oxidation sites excluding steroid dienone is 2. The van der Waals surface area contributed by atoms with E-state index >= 15 is 0 Å². The van der Waals surface area contributed by atoms with Gasteiger partial charge in [0.1, 0.15) is 0 Å². The predicted octanol–water partition coefficient (Wildman–Crippen LogP) is 14.2. The molecule has 8 aromatic rings. The number of benzene rings is 7. The van der Waals surface area contributed by atoms with Gasteiger partial charge in [-0.2, -0.15) is 0 Å². The highest BCUT2D eigenvalue weighted by Gasteiger charge is 2.50. The van der Waals surface area contributed by atoms with Gasteiger partial charge in [0.05, 0.1) is 17.1 Å². The number of hydrogen-bond donors (Lipinski definition) is 0. The molecule has 2 aliphatic carbocycles. The summed E-state index contributed by atoms with van der Waals surface area (Å²) in [6, 6.07) is 56.4. The Balaban J connectivity index is 1.19. The summed E-state index contributed by atoms with van der Waals surface area (Å²) in [6.45, 7) is 0. The first kappa shape index (κ1) is 31.2. The minimum Gasteiger partial charge on any atom is -0.334 e. The van der Waals surface area contributed by atoms with E-state index in [0.717, 1.165) is 11.4 Å². The Morgan fingerprint density at radius 2 is 1.30 bits per heavy atom. The van der Waals surface area contributed by atoms with E-state index in [0.29, 0.717) is 0 Å². The summed E-state index contributed by atoms with van der Waals surface area (Å²) in [5.74, 6) is 0. The van der Waals surface area contributed by atoms with Crippen molar-refractivity contribution in [1.29, 1.82) is 0 Å². The third-order valence-electron chi connectivity index (χ3n) is 11.3. The van der Waals surface area contributed by atoms with Gasteiger partial charge in [-0.05, 0) is 87.8 Å². The molecular formula is C49H32ClNS2. The summed E-state index contributed by atoms with van der Waals surface area (Å²) in [6.07, 6.45) is 9.95. The summed E-state index contributed by atoms with van der Waals surface area (Å²) in [7, 11) is 0. The van der Waals surface area contributed by atoms with E-state index in [1.54, 1.807) is 0 Å². The minimum absolute atomic E-state index is 0.139. The highest BCUT2D eigenvalue weighted by atomic mass is 35.5. The third-order valence-corrected chi connectivity index (χ3v) is 13.8. The van der Waals surface area contributed by atoms with Gasteiger partial charge in [0, 0.05) is 46.2 Å². The molecule has 53 heavy (non-hydrogen) atoms. The Morgan fingerprint density at radius 3 is 2.08 bits per heavy atom. The second-order valence-electron chi connectivity index (χ2n) is 14.0. The second-order valence-corrected chi connectivity index (χ2v) is 16.7. The zero-order valence-electron chi connectivity index (χ0n) is 28.7. The van der Waals surface area contributed by atoms with Crippen LogP contribution in [-0.2, 0) is 5.41 Å². The van der Waals surface area contributed by atoms with Gasteiger partial charge < -0.3 is 4.90 Å². The van der Waals surface area contributed by atoms with Gasteiger partial charge in [0.2, 0.25) is 0 Å². The predicted molar refractivity (Wildman–Crippen MR) is 226 cm³/mol. The molecular weight excluding hydrogens is 702 g/mol. The fourth-order valence-electron chi connectivity index (χ4n) is 9.20. The molecule has 252 valence electrons. The van der Waals surface area contributed by atoms with Crippen LogP contribution in [0.25, 0.3) is 42.4 Å². The lowest BCUT2D eigenvalue weighted by molar-refractivity contribution is 0.720. The summed E-state index contributed by atoms with van der Waals surface area (Å²) >= 11 is 10.5. The third kappa shape index (κ3) is 4.58. The average Bonchev–Trinajstić information content (AvgIpc) is 3.73. The average molecular weight is 734 g/mol. The first-order chi connectivity index (χ1) is 26.2. The topological polar surface area (TPSA) is 3.24 Å². The summed E-state index contributed by atoms with van der Waals surface area (Å²) in [4.78, 5) is 5.05. The molecule has 1 atom stereocenters. The SMILES string of the molecule is Clc1ccc2c(c1)Sc1cc(N(c3ccc4sc5ccccc5c4c3-c3ccccc3)C3C=CC=CC3)ccc1C21c2ccccc2-c2ccccc21. The zero-order chi connectivity index (χ0) is 35.1. The van der Waals surface area contributed by atoms with Crippen molar-refractivity contribution in [3.05, 3.63) is 203 Å². The van der Waals surface area contributed by atoms with E-state index < -0.39 is 5.41 Å². The second kappa shape index (κ2) is 12.1. The number of fused-ring (bicyclic) bond motifs is 12. The number of halogens is 1. The normalized spacial score (nSPS) is 16.1. The monoisotopic (exact) mass is 733 g/mol. The molecule has 1 spiro atoms. The van der Waals surface area contributed by atoms with Crippen LogP contribution >= 0.6 is 34.7 Å². The summed E-state index contributed by atoms with van der Waals surface area (Å²) < 4.78 is 2.62. The van der Waals surface area contributed by atoms with Crippen molar-refractivity contribution in [3.63, 3.8) is 0 Å². The van der Waals surface area contributed by atoms with Crippen LogP contribution in [0.1, 0.15) is 28.7 Å². The van der Waals surface area contributed by atoms with Crippen LogP contribution in [0.5, 0.6) is 0 Å². The van der Waals surface area contributed by atoms with Crippen molar-refractivity contribution in [2.45, 2.75) is 27.7 Å². The van der Waals surface area contributed by atoms with Gasteiger partial charge in [-0.15, -0.1) is 11.3 Å². The van der Waals surface area contributed by atoms with E-state index in [9.17, 15) is 0 Å². The van der Waals surface area contributed by atoms with E-state index in [4.69, 9.17) is 11.6 Å². The Kier molecular flexibility index (Phi) is 7.14. The molecule has 3 aliphatic rings. The molecule has 11 rings (SSSR count). The van der Waals surface area contributed by atoms with Crippen LogP contribution in [0.3, 0.4) is 0 Å². The van der Waals surface area contributed by atoms with Crippen LogP contribution in [0.4, 0.5) is 11.4 Å². The Bertz CT molecular complexity index is 2780. The number of nitrogens with zero attached hydrogens (tertiary/aromatic N) is 1. The van der Waals surface area contributed by atoms with Crippen LogP contribution in [-0.4, -0.2) is 6.04 Å². The molecule has 7 aromatic carbocycles. The minimum atomic E-state index is -0.450. The van der Waals surface area contributed by atoms with Gasteiger partial charge in [-0.3, -0.25) is 0 Å². The summed E-state index contributed by atoms with van der Waals surface area (Å²) in [5, 5.41) is 3.39. The standard InChI is InChI=1S/C49H32ClNS2/c50-32-23-25-40-45(29-32)53-46-30-34(24-26-41(46)49(40)38-20-10-7-17-35(38)36-18-8-11-21-39(36)49)51(33-15-5-2-6-16-33)42-27-28-44-48(37-19-9-12-22-43(37)52-44)47(42)31-13-3-1-4-14-31/h1-15,17-30,33H,16H2. The molecule has 1 unspecified atom stereocenters. The zero-order valence-corrected chi connectivity index (χ0v) is 31.1. The number of hydrogen-bond acceptors (Lipinski definition) is 3. The molecule has 0 amide bonds. The first-order valence-corrected chi connectivity index (χ1v) is 20.2. The van der Waals surface area contributed by atoms with Crippen molar-refractivity contribution in [2.24, 2.45) is 0 Å². The smallest absolute Gasteiger partial charge is 0.0735 e. The largest absolute Gasteiger partial charge is 0.334 e. The van der Waals surface area contributed by atoms with Gasteiger partial charge >= 0.3 is 0 Å². The van der Waals surface area contributed by atoms with Crippen molar-refractivity contribution in [1.82, 2.24) is 0 Å². The Labute approximate surface area is 322 Å². The van der Waals surface area contributed by atoms with E-state index in [2.05, 4.69) is 181 Å². The van der Waals surface area contributed by atoms with Gasteiger partial charge in [-0.1, -0.05) is 157 Å². The van der Waals surface area contributed by atoms with Crippen LogP contribution < -0.4 is 4.90 Å². The van der Waals surface area contributed by atoms with E-state index in [-0.39, 0.29) is 6.04 Å². The van der Waals surface area contributed by atoms with E-state index in [1.165, 1.54) is 85.8 Å². The molecule has 0 saturated carbocycles. The Morgan fingerprint density at radius 1 is 0.604 bits per heavy atom. The van der Waals surface area contributed by atoms with Crippen LogP contribution in [0, 0.1) is 0 Å². The van der Waals surface area contributed by atoms with Crippen molar-refractivity contribution in [2.75, 3.05) is 4.90 Å². The number of anilines is 2. The quantitative estimate of drug-likeness (QED) is 0.177. The molecule has 1 nitrogen and oxygen atoms in total. The van der Waals surface area contributed by atoms with Crippen LogP contribution in [0.15, 0.2) is 186 Å². The highest BCUT2D eigenvalue weighted by molar-refractivity contribution is 7.99. The maximum atomic E-state index is 6.78. The number of thiophene rings is 1. The van der Waals surface area contributed by atoms with Crippen molar-refractivity contribution < 1.29 is 0 Å². The first-order valence-electron chi connectivity index (χ1n) is 18.1. The lowest BCUT2D eigenvalue weighted by atomic mass is 9.67. The molecule has 1 aliphatic heterocycles. The van der Waals surface area contributed by atoms with Gasteiger partial charge in [0.15, 0.2) is 0 Å². The van der Waals surface area contributed by atoms with Gasteiger partial charge in [-0.25, -0.2) is 0 Å². The number of rotatable bonds is 4. The molecule has 0 saturated heterocycles. The fourth-order valence-corrected chi connectivity index (χ4v) is 11.8. The van der Waals surface area contributed by atoms with E-state index in [1.807, 2.05) is 23.1 Å². The maximum absolute atomic E-state index is 6.78. The summed E-state index contributed by atoms with van der Waals surface area (Å²) in [5.41, 5.74) is 12.3. The molecule has 0 N–H and O–H groups in total. The molecule has 4 heteroatoms. The van der Waals surface area contributed by atoms with Crippen molar-refractivity contribution in [3.8, 4) is 22.3 Å². The molecule has 0 radical (unpaired) electrons. The fraction of sp³-hybridized carbons (Fsp3) is 0.0612. The lowest BCUT2D eigenvalue weighted by Crippen LogP contribution is -2.33. The van der Waals surface area contributed by atoms with Crippen molar-refractivity contribution >= 4 is 66.2 Å². The van der Waals surface area contributed by atoms with Crippen LogP contribution in [0.2, 0.25) is 5.02 Å². The van der Waals surface area contributed by atoms with Gasteiger partial charge in [0.25, 0.3) is 0 Å². The Hall–Kier alpha value is -5.32.